The third kappa shape index (κ3) is 4.58. The third-order valence-electron chi connectivity index (χ3n) is 1.69. The number of hydrogen-bond donors (Lipinski definition) is 1. The van der Waals surface area contributed by atoms with E-state index in [-0.39, 0.29) is 0 Å². The molecule has 0 aliphatic rings. The minimum atomic E-state index is 0.535. The lowest BCUT2D eigenvalue weighted by Crippen LogP contribution is -2.29. The summed E-state index contributed by atoms with van der Waals surface area (Å²) in [6, 6.07) is 2.49. The van der Waals surface area contributed by atoms with Gasteiger partial charge < -0.3 is 5.32 Å². The van der Waals surface area contributed by atoms with Gasteiger partial charge in [0.05, 0.1) is 5.03 Å². The minimum absolute atomic E-state index is 0.535. The number of aromatic nitrogens is 2. The first-order valence-electron chi connectivity index (χ1n) is 4.84. The largest absolute Gasteiger partial charge is 0.313 e. The summed E-state index contributed by atoms with van der Waals surface area (Å²) in [5.74, 6) is 0. The van der Waals surface area contributed by atoms with Gasteiger partial charge in [-0.05, 0) is 6.07 Å². The molecule has 0 saturated carbocycles. The Labute approximate surface area is 89.7 Å². The minimum Gasteiger partial charge on any atom is -0.313 e. The van der Waals surface area contributed by atoms with Gasteiger partial charge in [0.2, 0.25) is 0 Å². The molecule has 0 saturated heterocycles. The molecule has 1 N–H and O–H groups in total. The van der Waals surface area contributed by atoms with Gasteiger partial charge in [0, 0.05) is 24.0 Å². The Morgan fingerprint density at radius 3 is 2.79 bits per heavy atom. The van der Waals surface area contributed by atoms with E-state index in [2.05, 4.69) is 36.1 Å². The number of thioether (sulfide) groups is 1. The summed E-state index contributed by atoms with van der Waals surface area (Å²) in [4.78, 5) is 8.06. The van der Waals surface area contributed by atoms with Gasteiger partial charge in [-0.15, -0.1) is 11.8 Å². The van der Waals surface area contributed by atoms with Gasteiger partial charge in [0.25, 0.3) is 0 Å². The van der Waals surface area contributed by atoms with Crippen LogP contribution in [0.2, 0.25) is 0 Å². The predicted octanol–water partition coefficient (Wildman–Crippen LogP) is 1.96. The molecule has 3 nitrogen and oxygen atoms in total. The van der Waals surface area contributed by atoms with Crippen molar-refractivity contribution < 1.29 is 0 Å². The third-order valence-corrected chi connectivity index (χ3v) is 2.74. The van der Waals surface area contributed by atoms with E-state index in [1.165, 1.54) is 0 Å². The molecule has 4 heteroatoms. The molecule has 0 fully saturated rings. The van der Waals surface area contributed by atoms with E-state index in [4.69, 9.17) is 0 Å². The molecule has 1 rings (SSSR count). The monoisotopic (exact) mass is 211 g/mol. The number of rotatable bonds is 5. The van der Waals surface area contributed by atoms with E-state index >= 15 is 0 Å². The normalized spacial score (nSPS) is 13.1. The van der Waals surface area contributed by atoms with Crippen LogP contribution in [0, 0.1) is 0 Å². The van der Waals surface area contributed by atoms with Crippen molar-refractivity contribution in [2.75, 3.05) is 6.54 Å². The van der Waals surface area contributed by atoms with E-state index in [0.717, 1.165) is 11.6 Å². The first-order chi connectivity index (χ1) is 6.68. The van der Waals surface area contributed by atoms with Crippen LogP contribution in [0.4, 0.5) is 0 Å². The summed E-state index contributed by atoms with van der Waals surface area (Å²) in [5, 5.41) is 4.98. The molecule has 1 unspecified atom stereocenters. The fourth-order valence-corrected chi connectivity index (χ4v) is 1.84. The maximum Gasteiger partial charge on any atom is 0.116 e. The topological polar surface area (TPSA) is 37.8 Å². The second-order valence-corrected chi connectivity index (χ2v) is 5.00. The van der Waals surface area contributed by atoms with Crippen LogP contribution in [-0.2, 0) is 0 Å². The van der Waals surface area contributed by atoms with Crippen molar-refractivity contribution in [3.05, 3.63) is 18.6 Å². The Hall–Kier alpha value is -0.610. The van der Waals surface area contributed by atoms with Gasteiger partial charge in [-0.2, -0.15) is 0 Å². The molecule has 0 aromatic carbocycles. The van der Waals surface area contributed by atoms with Crippen molar-refractivity contribution in [2.45, 2.75) is 37.1 Å². The first-order valence-corrected chi connectivity index (χ1v) is 5.72. The first kappa shape index (κ1) is 11.5. The van der Waals surface area contributed by atoms with Gasteiger partial charge in [-0.25, -0.2) is 9.97 Å². The van der Waals surface area contributed by atoms with E-state index in [1.807, 2.05) is 6.07 Å². The van der Waals surface area contributed by atoms with Crippen molar-refractivity contribution >= 4 is 11.8 Å². The van der Waals surface area contributed by atoms with Crippen LogP contribution in [0.1, 0.15) is 20.8 Å². The fraction of sp³-hybridized carbons (Fsp3) is 0.600. The summed E-state index contributed by atoms with van der Waals surface area (Å²) in [5.41, 5.74) is 0. The quantitative estimate of drug-likeness (QED) is 0.597. The molecule has 1 aromatic heterocycles. The molecular weight excluding hydrogens is 194 g/mol. The Morgan fingerprint density at radius 1 is 1.43 bits per heavy atom. The Bertz CT molecular complexity index is 251. The van der Waals surface area contributed by atoms with E-state index in [0.29, 0.717) is 11.3 Å². The average Bonchev–Trinajstić information content (AvgIpc) is 2.16. The van der Waals surface area contributed by atoms with Crippen molar-refractivity contribution in [3.63, 3.8) is 0 Å². The molecule has 0 bridgehead atoms. The molecular formula is C10H17N3S. The van der Waals surface area contributed by atoms with Crippen molar-refractivity contribution in [1.29, 1.82) is 0 Å². The summed E-state index contributed by atoms with van der Waals surface area (Å²) >= 11 is 1.77. The van der Waals surface area contributed by atoms with Crippen LogP contribution in [0.5, 0.6) is 0 Å². The zero-order valence-corrected chi connectivity index (χ0v) is 9.71. The second-order valence-electron chi connectivity index (χ2n) is 3.54. The van der Waals surface area contributed by atoms with Crippen LogP contribution in [0.15, 0.2) is 23.6 Å². The van der Waals surface area contributed by atoms with Gasteiger partial charge >= 0.3 is 0 Å². The molecule has 0 radical (unpaired) electrons. The van der Waals surface area contributed by atoms with Gasteiger partial charge in [0.1, 0.15) is 6.33 Å². The highest BCUT2D eigenvalue weighted by Gasteiger charge is 2.05. The summed E-state index contributed by atoms with van der Waals surface area (Å²) in [7, 11) is 0. The molecule has 0 spiro atoms. The van der Waals surface area contributed by atoms with Crippen LogP contribution in [-0.4, -0.2) is 27.8 Å². The highest BCUT2D eigenvalue weighted by atomic mass is 32.2. The summed E-state index contributed by atoms with van der Waals surface area (Å²) in [6.07, 6.45) is 3.36. The zero-order valence-electron chi connectivity index (χ0n) is 8.90. The van der Waals surface area contributed by atoms with Crippen LogP contribution in [0.25, 0.3) is 0 Å². The second kappa shape index (κ2) is 5.98. The molecule has 0 amide bonds. The van der Waals surface area contributed by atoms with E-state index in [9.17, 15) is 0 Å². The maximum atomic E-state index is 4.17. The molecule has 0 aliphatic heterocycles. The molecule has 1 aromatic rings. The summed E-state index contributed by atoms with van der Waals surface area (Å²) in [6.45, 7) is 7.51. The number of nitrogens with zero attached hydrogens (tertiary/aromatic N) is 2. The van der Waals surface area contributed by atoms with E-state index in [1.54, 1.807) is 24.3 Å². The SMILES string of the molecule is CC(C)NCC(C)Sc1ccncn1. The summed E-state index contributed by atoms with van der Waals surface area (Å²) < 4.78 is 0. The molecule has 1 atom stereocenters. The molecule has 1 heterocycles. The highest BCUT2D eigenvalue weighted by Crippen LogP contribution is 2.19. The molecule has 0 aliphatic carbocycles. The number of nitrogens with one attached hydrogen (secondary N) is 1. The highest BCUT2D eigenvalue weighted by molar-refractivity contribution is 7.99. The smallest absolute Gasteiger partial charge is 0.116 e. The van der Waals surface area contributed by atoms with Crippen molar-refractivity contribution in [3.8, 4) is 0 Å². The van der Waals surface area contributed by atoms with Gasteiger partial charge in [0.15, 0.2) is 0 Å². The predicted molar refractivity (Wildman–Crippen MR) is 60.5 cm³/mol. The maximum absolute atomic E-state index is 4.17. The lowest BCUT2D eigenvalue weighted by atomic mass is 10.3. The fourth-order valence-electron chi connectivity index (χ4n) is 0.998. The van der Waals surface area contributed by atoms with E-state index < -0.39 is 0 Å². The van der Waals surface area contributed by atoms with Crippen LogP contribution >= 0.6 is 11.8 Å². The molecule has 14 heavy (non-hydrogen) atoms. The van der Waals surface area contributed by atoms with Crippen LogP contribution in [0.3, 0.4) is 0 Å². The van der Waals surface area contributed by atoms with Gasteiger partial charge in [-0.1, -0.05) is 20.8 Å². The van der Waals surface area contributed by atoms with Gasteiger partial charge in [-0.3, -0.25) is 0 Å². The molecule has 78 valence electrons. The van der Waals surface area contributed by atoms with Crippen LogP contribution < -0.4 is 5.32 Å². The lowest BCUT2D eigenvalue weighted by Gasteiger charge is -2.13. The Morgan fingerprint density at radius 2 is 2.21 bits per heavy atom. The number of hydrogen-bond acceptors (Lipinski definition) is 4. The standard InChI is InChI=1S/C10H17N3S/c1-8(2)12-6-9(3)14-10-4-5-11-7-13-10/h4-5,7-9,12H,6H2,1-3H3. The van der Waals surface area contributed by atoms with Crippen molar-refractivity contribution in [2.24, 2.45) is 0 Å². The Balaban J connectivity index is 2.30. The average molecular weight is 211 g/mol. The zero-order chi connectivity index (χ0) is 10.4. The Kier molecular flexibility index (Phi) is 4.90. The van der Waals surface area contributed by atoms with Crippen molar-refractivity contribution in [1.82, 2.24) is 15.3 Å². The lowest BCUT2D eigenvalue weighted by molar-refractivity contribution is 0.589.